The molecule has 0 aliphatic carbocycles. The average molecular weight is 258 g/mol. The molecule has 2 rings (SSSR count). The van der Waals surface area contributed by atoms with Crippen LogP contribution in [0.25, 0.3) is 0 Å². The quantitative estimate of drug-likeness (QED) is 0.845. The van der Waals surface area contributed by atoms with Gasteiger partial charge in [0, 0.05) is 13.0 Å². The van der Waals surface area contributed by atoms with Crippen molar-refractivity contribution in [3.8, 4) is 11.5 Å². The van der Waals surface area contributed by atoms with Crippen molar-refractivity contribution < 1.29 is 14.3 Å². The molecular formula is C12H16ClNO3. The van der Waals surface area contributed by atoms with E-state index in [0.717, 1.165) is 23.3 Å². The smallest absolute Gasteiger partial charge is 0.180 e. The standard InChI is InChI=1S/C12H16ClNO3/c1-8-9(7-14-15-2)6-10(13)12-11(8)16-4-3-5-17-12/h6,14H,3-5,7H2,1-2H3. The topological polar surface area (TPSA) is 39.7 Å². The van der Waals surface area contributed by atoms with Gasteiger partial charge in [0.05, 0.1) is 25.3 Å². The maximum atomic E-state index is 6.20. The number of rotatable bonds is 3. The molecule has 0 saturated carbocycles. The summed E-state index contributed by atoms with van der Waals surface area (Å²) in [6.07, 6.45) is 0.871. The second kappa shape index (κ2) is 5.58. The Kier molecular flexibility index (Phi) is 4.10. The van der Waals surface area contributed by atoms with Crippen LogP contribution in [0, 0.1) is 6.92 Å². The molecule has 5 heteroatoms. The molecule has 1 aliphatic heterocycles. The molecule has 0 spiro atoms. The zero-order valence-corrected chi connectivity index (χ0v) is 10.8. The lowest BCUT2D eigenvalue weighted by Gasteiger charge is -2.15. The number of benzene rings is 1. The molecule has 0 radical (unpaired) electrons. The van der Waals surface area contributed by atoms with E-state index >= 15 is 0 Å². The first-order chi connectivity index (χ1) is 8.24. The Morgan fingerprint density at radius 1 is 1.35 bits per heavy atom. The van der Waals surface area contributed by atoms with Crippen LogP contribution in [0.4, 0.5) is 0 Å². The van der Waals surface area contributed by atoms with E-state index in [1.807, 2.05) is 13.0 Å². The third-order valence-electron chi connectivity index (χ3n) is 2.73. The third kappa shape index (κ3) is 2.65. The van der Waals surface area contributed by atoms with Gasteiger partial charge in [0.15, 0.2) is 11.5 Å². The van der Waals surface area contributed by atoms with Gasteiger partial charge in [-0.25, -0.2) is 0 Å². The van der Waals surface area contributed by atoms with Crippen LogP contribution in [-0.2, 0) is 11.4 Å². The first-order valence-electron chi connectivity index (χ1n) is 5.57. The minimum Gasteiger partial charge on any atom is -0.489 e. The zero-order valence-electron chi connectivity index (χ0n) is 10.0. The van der Waals surface area contributed by atoms with Crippen LogP contribution in [0.3, 0.4) is 0 Å². The molecule has 94 valence electrons. The summed E-state index contributed by atoms with van der Waals surface area (Å²) in [5.74, 6) is 1.41. The third-order valence-corrected chi connectivity index (χ3v) is 3.02. The number of ether oxygens (including phenoxy) is 2. The molecule has 0 saturated heterocycles. The minimum atomic E-state index is 0.582. The van der Waals surface area contributed by atoms with Gasteiger partial charge in [-0.15, -0.1) is 0 Å². The molecule has 0 fully saturated rings. The van der Waals surface area contributed by atoms with E-state index < -0.39 is 0 Å². The van der Waals surface area contributed by atoms with Crippen molar-refractivity contribution in [3.05, 3.63) is 22.2 Å². The molecule has 0 amide bonds. The number of hydroxylamine groups is 1. The normalized spacial score (nSPS) is 14.5. The summed E-state index contributed by atoms with van der Waals surface area (Å²) in [6.45, 7) is 3.88. The number of fused-ring (bicyclic) bond motifs is 1. The molecule has 0 bridgehead atoms. The molecule has 17 heavy (non-hydrogen) atoms. The van der Waals surface area contributed by atoms with Gasteiger partial charge < -0.3 is 14.3 Å². The van der Waals surface area contributed by atoms with Gasteiger partial charge in [-0.2, -0.15) is 5.48 Å². The SMILES string of the molecule is CONCc1cc(Cl)c2c(c1C)OCCCO2. The van der Waals surface area contributed by atoms with Crippen molar-refractivity contribution in [2.24, 2.45) is 0 Å². The summed E-state index contributed by atoms with van der Waals surface area (Å²) < 4.78 is 11.3. The van der Waals surface area contributed by atoms with Crippen molar-refractivity contribution in [2.75, 3.05) is 20.3 Å². The number of nitrogens with one attached hydrogen (secondary N) is 1. The minimum absolute atomic E-state index is 0.582. The van der Waals surface area contributed by atoms with Crippen molar-refractivity contribution in [1.29, 1.82) is 0 Å². The summed E-state index contributed by atoms with van der Waals surface area (Å²) in [5.41, 5.74) is 4.88. The molecule has 1 aliphatic rings. The van der Waals surface area contributed by atoms with Gasteiger partial charge in [0.1, 0.15) is 0 Å². The predicted molar refractivity (Wildman–Crippen MR) is 65.6 cm³/mol. The number of hydrogen-bond donors (Lipinski definition) is 1. The first kappa shape index (κ1) is 12.5. The fraction of sp³-hybridized carbons (Fsp3) is 0.500. The van der Waals surface area contributed by atoms with Gasteiger partial charge in [0.25, 0.3) is 0 Å². The second-order valence-corrected chi connectivity index (χ2v) is 4.28. The summed E-state index contributed by atoms with van der Waals surface area (Å²) >= 11 is 6.20. The number of halogens is 1. The fourth-order valence-corrected chi connectivity index (χ4v) is 2.07. The Labute approximate surface area is 106 Å². The Balaban J connectivity index is 2.38. The lowest BCUT2D eigenvalue weighted by molar-refractivity contribution is 0.0865. The summed E-state index contributed by atoms with van der Waals surface area (Å²) in [7, 11) is 1.58. The van der Waals surface area contributed by atoms with E-state index in [4.69, 9.17) is 25.9 Å². The maximum Gasteiger partial charge on any atom is 0.180 e. The van der Waals surface area contributed by atoms with Gasteiger partial charge >= 0.3 is 0 Å². The van der Waals surface area contributed by atoms with E-state index in [9.17, 15) is 0 Å². The van der Waals surface area contributed by atoms with E-state index in [0.29, 0.717) is 30.5 Å². The van der Waals surface area contributed by atoms with Gasteiger partial charge in [-0.05, 0) is 24.1 Å². The van der Waals surface area contributed by atoms with Crippen LogP contribution in [-0.4, -0.2) is 20.3 Å². The van der Waals surface area contributed by atoms with Gasteiger partial charge in [-0.1, -0.05) is 11.6 Å². The van der Waals surface area contributed by atoms with Crippen molar-refractivity contribution in [3.63, 3.8) is 0 Å². The molecule has 0 aromatic heterocycles. The highest BCUT2D eigenvalue weighted by molar-refractivity contribution is 6.32. The van der Waals surface area contributed by atoms with Crippen molar-refractivity contribution >= 4 is 11.6 Å². The lowest BCUT2D eigenvalue weighted by Crippen LogP contribution is -2.12. The summed E-state index contributed by atoms with van der Waals surface area (Å²) in [6, 6.07) is 1.89. The molecule has 1 N–H and O–H groups in total. The number of hydrogen-bond acceptors (Lipinski definition) is 4. The van der Waals surface area contributed by atoms with Gasteiger partial charge in [-0.3, -0.25) is 0 Å². The molecule has 4 nitrogen and oxygen atoms in total. The Bertz CT molecular complexity index is 409. The summed E-state index contributed by atoms with van der Waals surface area (Å²) in [5, 5.41) is 0.584. The van der Waals surface area contributed by atoms with E-state index in [-0.39, 0.29) is 0 Å². The van der Waals surface area contributed by atoms with Crippen LogP contribution in [0.1, 0.15) is 17.5 Å². The molecule has 1 heterocycles. The van der Waals surface area contributed by atoms with Crippen LogP contribution in [0.15, 0.2) is 6.07 Å². The molecule has 0 atom stereocenters. The highest BCUT2D eigenvalue weighted by atomic mass is 35.5. The largest absolute Gasteiger partial charge is 0.489 e. The highest BCUT2D eigenvalue weighted by Crippen LogP contribution is 2.41. The van der Waals surface area contributed by atoms with Crippen LogP contribution in [0.2, 0.25) is 5.02 Å². The monoisotopic (exact) mass is 257 g/mol. The van der Waals surface area contributed by atoms with E-state index in [1.165, 1.54) is 0 Å². The Morgan fingerprint density at radius 2 is 2.06 bits per heavy atom. The lowest BCUT2D eigenvalue weighted by atomic mass is 10.1. The van der Waals surface area contributed by atoms with Crippen LogP contribution in [0.5, 0.6) is 11.5 Å². The molecule has 0 unspecified atom stereocenters. The second-order valence-electron chi connectivity index (χ2n) is 3.88. The zero-order chi connectivity index (χ0) is 12.3. The van der Waals surface area contributed by atoms with E-state index in [2.05, 4.69) is 5.48 Å². The molecule has 1 aromatic rings. The summed E-state index contributed by atoms with van der Waals surface area (Å²) in [4.78, 5) is 4.84. The highest BCUT2D eigenvalue weighted by Gasteiger charge is 2.19. The van der Waals surface area contributed by atoms with Crippen LogP contribution < -0.4 is 15.0 Å². The van der Waals surface area contributed by atoms with Crippen LogP contribution >= 0.6 is 11.6 Å². The first-order valence-corrected chi connectivity index (χ1v) is 5.95. The fourth-order valence-electron chi connectivity index (χ4n) is 1.80. The maximum absolute atomic E-state index is 6.20. The Morgan fingerprint density at radius 3 is 2.76 bits per heavy atom. The Hall–Kier alpha value is -0.970. The average Bonchev–Trinajstić information content (AvgIpc) is 2.58. The van der Waals surface area contributed by atoms with Crippen molar-refractivity contribution in [1.82, 2.24) is 5.48 Å². The van der Waals surface area contributed by atoms with Gasteiger partial charge in [0.2, 0.25) is 0 Å². The molecule has 1 aromatic carbocycles. The predicted octanol–water partition coefficient (Wildman–Crippen LogP) is 2.46. The molecular weight excluding hydrogens is 242 g/mol. The van der Waals surface area contributed by atoms with E-state index in [1.54, 1.807) is 7.11 Å². The van der Waals surface area contributed by atoms with Crippen molar-refractivity contribution in [2.45, 2.75) is 19.9 Å².